The summed E-state index contributed by atoms with van der Waals surface area (Å²) < 4.78 is 2.19. The first-order valence-corrected chi connectivity index (χ1v) is 10.2. The number of hydrogen-bond donors (Lipinski definition) is 2. The number of nitrogens with two attached hydrogens (primary N) is 1. The molecule has 3 N–H and O–H groups in total. The Morgan fingerprint density at radius 1 is 1.13 bits per heavy atom. The van der Waals surface area contributed by atoms with Crippen molar-refractivity contribution in [1.82, 2.24) is 4.57 Å². The van der Waals surface area contributed by atoms with Gasteiger partial charge in [-0.3, -0.25) is 9.59 Å². The summed E-state index contributed by atoms with van der Waals surface area (Å²) in [6.07, 6.45) is 1.90. The monoisotopic (exact) mass is 483 g/mol. The average Bonchev–Trinajstić information content (AvgIpc) is 2.72. The maximum atomic E-state index is 12.0. The predicted molar refractivity (Wildman–Crippen MR) is 127 cm³/mol. The van der Waals surface area contributed by atoms with Crippen LogP contribution in [0.1, 0.15) is 42.0 Å². The van der Waals surface area contributed by atoms with Gasteiger partial charge < -0.3 is 15.5 Å². The zero-order valence-corrected chi connectivity index (χ0v) is 18.0. The molecule has 0 radical (unpaired) electrons. The number of aromatic nitrogens is 1. The molecule has 2 aromatic carbocycles. The van der Waals surface area contributed by atoms with Crippen molar-refractivity contribution in [2.45, 2.75) is 33.2 Å². The molecule has 1 unspecified atom stereocenters. The Bertz CT molecular complexity index is 1140. The fourth-order valence-electron chi connectivity index (χ4n) is 3.48. The van der Waals surface area contributed by atoms with Gasteiger partial charge in [0.15, 0.2) is 0 Å². The Kier molecular flexibility index (Phi) is 8.33. The summed E-state index contributed by atoms with van der Waals surface area (Å²) in [6.45, 7) is 1.81. The van der Waals surface area contributed by atoms with Gasteiger partial charge >= 0.3 is 0 Å². The summed E-state index contributed by atoms with van der Waals surface area (Å²) in [5, 5.41) is 13.3. The molecule has 0 bridgehead atoms. The minimum atomic E-state index is -0.621. The molecule has 0 aliphatic carbocycles. The molecule has 1 atom stereocenters. The molecule has 0 saturated heterocycles. The topological polar surface area (TPSA) is 97.7 Å². The van der Waals surface area contributed by atoms with Crippen LogP contribution >= 0.6 is 15.9 Å². The van der Waals surface area contributed by atoms with E-state index in [1.54, 1.807) is 6.07 Å². The highest BCUT2D eigenvalue weighted by Crippen LogP contribution is 2.32. The third-order valence-electron chi connectivity index (χ3n) is 5.00. The molecule has 31 heavy (non-hydrogen) atoms. The van der Waals surface area contributed by atoms with Gasteiger partial charge in [-0.1, -0.05) is 64.9 Å². The highest BCUT2D eigenvalue weighted by atomic mass is 79.9. The number of pyridine rings is 1. The van der Waals surface area contributed by atoms with Crippen molar-refractivity contribution >= 4 is 27.5 Å². The van der Waals surface area contributed by atoms with Crippen molar-refractivity contribution in [2.75, 3.05) is 0 Å². The number of amides is 1. The maximum absolute atomic E-state index is 12.0. The van der Waals surface area contributed by atoms with Crippen molar-refractivity contribution in [2.24, 2.45) is 10.9 Å². The number of hydrogen-bond acceptors (Lipinski definition) is 4. The van der Waals surface area contributed by atoms with Gasteiger partial charge in [-0.15, -0.1) is 0 Å². The number of halogens is 1. The maximum Gasteiger partial charge on any atom is 0.251 e. The largest absolute Gasteiger partial charge is 0.411 e. The number of aryl methyl sites for hydroxylation is 1. The zero-order chi connectivity index (χ0) is 21.7. The van der Waals surface area contributed by atoms with Gasteiger partial charge in [0.1, 0.15) is 6.54 Å². The smallest absolute Gasteiger partial charge is 0.251 e. The Morgan fingerprint density at radius 2 is 1.81 bits per heavy atom. The van der Waals surface area contributed by atoms with E-state index in [1.165, 1.54) is 16.8 Å². The molecule has 7 heteroatoms. The van der Waals surface area contributed by atoms with Crippen molar-refractivity contribution < 1.29 is 10.0 Å². The van der Waals surface area contributed by atoms with E-state index in [4.69, 9.17) is 5.73 Å². The molecule has 0 aliphatic rings. The number of primary amides is 1. The van der Waals surface area contributed by atoms with E-state index in [0.717, 1.165) is 21.2 Å². The lowest BCUT2D eigenvalue weighted by Crippen LogP contribution is -2.28. The second kappa shape index (κ2) is 10.7. The normalized spacial score (nSPS) is 12.1. The number of carbonyl (C=O) groups excluding carboxylic acids is 1. The number of nitrogens with zero attached hydrogens (tertiary/aromatic N) is 2. The summed E-state index contributed by atoms with van der Waals surface area (Å²) >= 11 is 3.47. The summed E-state index contributed by atoms with van der Waals surface area (Å²) in [7, 11) is 0. The average molecular weight is 484 g/mol. The van der Waals surface area contributed by atoms with Crippen molar-refractivity contribution in [3.8, 4) is 0 Å². The molecule has 6 nitrogen and oxygen atoms in total. The van der Waals surface area contributed by atoms with E-state index in [2.05, 4.69) is 27.2 Å². The molecule has 0 spiro atoms. The summed E-state index contributed by atoms with van der Waals surface area (Å²) in [5.74, 6) is -0.689. The molecule has 3 aromatic rings. The van der Waals surface area contributed by atoms with Crippen LogP contribution in [0.3, 0.4) is 0 Å². The van der Waals surface area contributed by atoms with Crippen molar-refractivity contribution in [3.63, 3.8) is 0 Å². The quantitative estimate of drug-likeness (QED) is 0.295. The molecule has 162 valence electrons. The first kappa shape index (κ1) is 24.1. The zero-order valence-electron chi connectivity index (χ0n) is 16.5. The third-order valence-corrected chi connectivity index (χ3v) is 5.53. The van der Waals surface area contributed by atoms with Gasteiger partial charge in [0.05, 0.1) is 5.71 Å². The molecular weight excluding hydrogens is 458 g/mol. The minimum Gasteiger partial charge on any atom is -0.411 e. The highest BCUT2D eigenvalue weighted by molar-refractivity contribution is 9.10. The summed E-state index contributed by atoms with van der Waals surface area (Å²) in [5.41, 5.74) is 9.15. The van der Waals surface area contributed by atoms with E-state index in [-0.39, 0.29) is 25.4 Å². The fourth-order valence-corrected chi connectivity index (χ4v) is 3.75. The Balaban J connectivity index is 0.00000341. The molecule has 0 saturated carbocycles. The van der Waals surface area contributed by atoms with Crippen LogP contribution in [0.5, 0.6) is 0 Å². The number of carbonyl (C=O) groups is 1. The first-order chi connectivity index (χ1) is 14.4. The van der Waals surface area contributed by atoms with Gasteiger partial charge in [0.2, 0.25) is 5.91 Å². The van der Waals surface area contributed by atoms with E-state index < -0.39 is 5.91 Å². The molecule has 0 aliphatic heterocycles. The van der Waals surface area contributed by atoms with Gasteiger partial charge in [-0.2, -0.15) is 0 Å². The first-order valence-electron chi connectivity index (χ1n) is 9.40. The van der Waals surface area contributed by atoms with Gasteiger partial charge in [0.25, 0.3) is 5.56 Å². The van der Waals surface area contributed by atoms with Gasteiger partial charge in [-0.05, 0) is 41.8 Å². The fraction of sp³-hybridized carbons (Fsp3) is 0.208. The lowest BCUT2D eigenvalue weighted by atomic mass is 9.83. The van der Waals surface area contributed by atoms with E-state index in [0.29, 0.717) is 17.7 Å². The van der Waals surface area contributed by atoms with E-state index in [9.17, 15) is 14.8 Å². The lowest BCUT2D eigenvalue weighted by molar-refractivity contribution is -0.118. The lowest BCUT2D eigenvalue weighted by Gasteiger charge is -2.21. The minimum absolute atomic E-state index is 0. The second-order valence-corrected chi connectivity index (χ2v) is 7.98. The molecule has 1 amide bonds. The van der Waals surface area contributed by atoms with Gasteiger partial charge in [0, 0.05) is 34.6 Å². The van der Waals surface area contributed by atoms with Gasteiger partial charge in [-0.25, -0.2) is 0 Å². The summed E-state index contributed by atoms with van der Waals surface area (Å²) in [6, 6.07) is 19.0. The van der Waals surface area contributed by atoms with E-state index >= 15 is 0 Å². The number of oxime groups is 1. The standard InChI is InChI=1S/C23H22BrN3O3.CH4/c1-15-4-2-3-5-19(15)20(16-6-9-18(24)10-7-16)12-21(26-30)17-8-11-23(29)27(13-17)14-22(25)28;/h2-11,13,20,30H,12,14H2,1H3,(H2,25,28);1H4/b26-21+;. The summed E-state index contributed by atoms with van der Waals surface area (Å²) in [4.78, 5) is 23.3. The highest BCUT2D eigenvalue weighted by Gasteiger charge is 2.21. The number of rotatable bonds is 7. The van der Waals surface area contributed by atoms with Crippen LogP contribution in [-0.4, -0.2) is 21.4 Å². The molecule has 0 fully saturated rings. The van der Waals surface area contributed by atoms with Crippen LogP contribution in [0.25, 0.3) is 0 Å². The Hall–Kier alpha value is -3.19. The van der Waals surface area contributed by atoms with Crippen LogP contribution in [0.2, 0.25) is 0 Å². The van der Waals surface area contributed by atoms with Crippen LogP contribution in [0.15, 0.2) is 81.3 Å². The Labute approximate surface area is 190 Å². The van der Waals surface area contributed by atoms with E-state index in [1.807, 2.05) is 49.4 Å². The van der Waals surface area contributed by atoms with Crippen LogP contribution < -0.4 is 11.3 Å². The van der Waals surface area contributed by atoms with Crippen LogP contribution in [0.4, 0.5) is 0 Å². The Morgan fingerprint density at radius 3 is 2.42 bits per heavy atom. The van der Waals surface area contributed by atoms with Crippen molar-refractivity contribution in [3.05, 3.63) is 104 Å². The second-order valence-electron chi connectivity index (χ2n) is 7.06. The van der Waals surface area contributed by atoms with Crippen LogP contribution in [0, 0.1) is 6.92 Å². The molecule has 1 aromatic heterocycles. The molecule has 3 rings (SSSR count). The number of benzene rings is 2. The van der Waals surface area contributed by atoms with Crippen molar-refractivity contribution in [1.29, 1.82) is 0 Å². The molecular formula is C24H26BrN3O3. The SMILES string of the molecule is C.Cc1ccccc1C(C/C(=N\O)c1ccc(=O)n(CC(N)=O)c1)c1ccc(Br)cc1. The third kappa shape index (κ3) is 5.92. The molecule has 1 heterocycles. The predicted octanol–water partition coefficient (Wildman–Crippen LogP) is 4.44. The van der Waals surface area contributed by atoms with Crippen LogP contribution in [-0.2, 0) is 11.3 Å².